The van der Waals surface area contributed by atoms with Gasteiger partial charge in [-0.05, 0) is 43.5 Å². The molecule has 2 rings (SSSR count). The fourth-order valence-corrected chi connectivity index (χ4v) is 4.46. The molecule has 0 bridgehead atoms. The molecule has 0 aliphatic heterocycles. The van der Waals surface area contributed by atoms with E-state index < -0.39 is 28.5 Å². The van der Waals surface area contributed by atoms with E-state index in [1.165, 1.54) is 11.0 Å². The Morgan fingerprint density at radius 3 is 2.31 bits per heavy atom. The number of nitrogens with one attached hydrogen (secondary N) is 1. The third-order valence-corrected chi connectivity index (χ3v) is 6.37. The zero-order chi connectivity index (χ0) is 23.7. The molecule has 0 aliphatic rings. The Labute approximate surface area is 195 Å². The zero-order valence-corrected chi connectivity index (χ0v) is 20.2. The quantitative estimate of drug-likeness (QED) is 0.536. The van der Waals surface area contributed by atoms with Crippen molar-refractivity contribution < 1.29 is 18.0 Å². The summed E-state index contributed by atoms with van der Waals surface area (Å²) in [6, 6.07) is 15.2. The lowest BCUT2D eigenvalue weighted by molar-refractivity contribution is -0.139. The maximum Gasteiger partial charge on any atom is 0.244 e. The van der Waals surface area contributed by atoms with E-state index in [0.29, 0.717) is 30.1 Å². The zero-order valence-electron chi connectivity index (χ0n) is 18.6. The van der Waals surface area contributed by atoms with Gasteiger partial charge in [0, 0.05) is 18.1 Å². The van der Waals surface area contributed by atoms with Gasteiger partial charge in [0.2, 0.25) is 21.8 Å². The first-order valence-corrected chi connectivity index (χ1v) is 12.7. The molecule has 0 saturated heterocycles. The highest BCUT2D eigenvalue weighted by atomic mass is 35.5. The minimum absolute atomic E-state index is 0.259. The summed E-state index contributed by atoms with van der Waals surface area (Å²) in [5.74, 6) is -0.713. The largest absolute Gasteiger partial charge is 0.355 e. The number of benzene rings is 2. The first kappa shape index (κ1) is 25.7. The molecule has 0 radical (unpaired) electrons. The Balaban J connectivity index is 2.34. The molecule has 7 nitrogen and oxygen atoms in total. The molecule has 2 aromatic rings. The molecule has 0 aliphatic carbocycles. The van der Waals surface area contributed by atoms with Crippen LogP contribution in [0, 0.1) is 0 Å². The first-order valence-electron chi connectivity index (χ1n) is 10.5. The van der Waals surface area contributed by atoms with E-state index >= 15 is 0 Å². The van der Waals surface area contributed by atoms with Gasteiger partial charge in [-0.2, -0.15) is 0 Å². The first-order chi connectivity index (χ1) is 15.2. The topological polar surface area (TPSA) is 86.8 Å². The molecule has 9 heteroatoms. The second kappa shape index (κ2) is 11.9. The normalized spacial score (nSPS) is 12.1. The van der Waals surface area contributed by atoms with E-state index in [1.807, 2.05) is 44.2 Å². The van der Waals surface area contributed by atoms with E-state index in [1.54, 1.807) is 18.2 Å². The summed E-state index contributed by atoms with van der Waals surface area (Å²) in [5, 5.41) is 3.13. The van der Waals surface area contributed by atoms with Gasteiger partial charge in [0.15, 0.2) is 0 Å². The average molecular weight is 480 g/mol. The maximum absolute atomic E-state index is 13.4. The number of likely N-dealkylation sites (N-methyl/N-ethyl adjacent to an activating group) is 1. The van der Waals surface area contributed by atoms with Crippen LogP contribution in [0.4, 0.5) is 5.69 Å². The summed E-state index contributed by atoms with van der Waals surface area (Å²) < 4.78 is 26.0. The molecule has 2 aromatic carbocycles. The average Bonchev–Trinajstić information content (AvgIpc) is 2.74. The minimum atomic E-state index is -3.77. The van der Waals surface area contributed by atoms with Crippen LogP contribution in [0.5, 0.6) is 0 Å². The number of rotatable bonds is 11. The van der Waals surface area contributed by atoms with Crippen molar-refractivity contribution in [3.63, 3.8) is 0 Å². The molecule has 0 aromatic heterocycles. The molecule has 0 heterocycles. The molecule has 1 N–H and O–H groups in total. The summed E-state index contributed by atoms with van der Waals surface area (Å²) in [6.45, 7) is 3.93. The Morgan fingerprint density at radius 2 is 1.75 bits per heavy atom. The molecule has 174 valence electrons. The second-order valence-electron chi connectivity index (χ2n) is 7.39. The van der Waals surface area contributed by atoms with Gasteiger partial charge in [0.25, 0.3) is 0 Å². The van der Waals surface area contributed by atoms with Crippen LogP contribution in [0.25, 0.3) is 0 Å². The predicted octanol–water partition coefficient (Wildman–Crippen LogP) is 3.09. The van der Waals surface area contributed by atoms with Gasteiger partial charge < -0.3 is 10.2 Å². The van der Waals surface area contributed by atoms with E-state index in [2.05, 4.69) is 5.32 Å². The Morgan fingerprint density at radius 1 is 1.06 bits per heavy atom. The molecule has 2 amide bonds. The van der Waals surface area contributed by atoms with Gasteiger partial charge in [0.05, 0.1) is 11.9 Å². The van der Waals surface area contributed by atoms with E-state index in [-0.39, 0.29) is 12.5 Å². The van der Waals surface area contributed by atoms with Crippen molar-refractivity contribution in [2.45, 2.75) is 32.7 Å². The molecule has 32 heavy (non-hydrogen) atoms. The van der Waals surface area contributed by atoms with Crippen molar-refractivity contribution in [1.82, 2.24) is 10.2 Å². The highest BCUT2D eigenvalue weighted by Gasteiger charge is 2.31. The van der Waals surface area contributed by atoms with Crippen molar-refractivity contribution in [3.05, 3.63) is 65.2 Å². The summed E-state index contributed by atoms with van der Waals surface area (Å²) >= 11 is 6.04. The fourth-order valence-electron chi connectivity index (χ4n) is 3.43. The van der Waals surface area contributed by atoms with Crippen molar-refractivity contribution in [2.24, 2.45) is 0 Å². The smallest absolute Gasteiger partial charge is 0.244 e. The van der Waals surface area contributed by atoms with Crippen LogP contribution in [-0.2, 0) is 26.0 Å². The second-order valence-corrected chi connectivity index (χ2v) is 9.73. The van der Waals surface area contributed by atoms with Gasteiger partial charge in [-0.1, -0.05) is 54.9 Å². The standard InChI is InChI=1S/C23H30ClN3O4S/c1-4-21(23(29)25-5-2)26(15-14-18-10-7-6-8-11-18)22(28)17-27(32(3,30)31)20-13-9-12-19(24)16-20/h6-13,16,21H,4-5,14-15,17H2,1-3H3,(H,25,29)/t21-/m0/s1. The minimum Gasteiger partial charge on any atom is -0.355 e. The number of hydrogen-bond donors (Lipinski definition) is 1. The number of anilines is 1. The Hall–Kier alpha value is -2.58. The van der Waals surface area contributed by atoms with Crippen molar-refractivity contribution in [2.75, 3.05) is 30.2 Å². The lowest BCUT2D eigenvalue weighted by atomic mass is 10.1. The maximum atomic E-state index is 13.4. The van der Waals surface area contributed by atoms with Crippen LogP contribution in [0.15, 0.2) is 54.6 Å². The van der Waals surface area contributed by atoms with E-state index in [4.69, 9.17) is 11.6 Å². The molecule has 0 unspecified atom stereocenters. The number of carbonyl (C=O) groups is 2. The Kier molecular flexibility index (Phi) is 9.53. The molecule has 0 saturated carbocycles. The van der Waals surface area contributed by atoms with Crippen LogP contribution < -0.4 is 9.62 Å². The molecule has 0 spiro atoms. The van der Waals surface area contributed by atoms with Crippen molar-refractivity contribution in [1.29, 1.82) is 0 Å². The van der Waals surface area contributed by atoms with Gasteiger partial charge in [-0.15, -0.1) is 0 Å². The van der Waals surface area contributed by atoms with E-state index in [0.717, 1.165) is 16.1 Å². The third-order valence-electron chi connectivity index (χ3n) is 5.00. The number of hydrogen-bond acceptors (Lipinski definition) is 4. The van der Waals surface area contributed by atoms with Crippen LogP contribution in [-0.4, -0.2) is 57.1 Å². The predicted molar refractivity (Wildman–Crippen MR) is 128 cm³/mol. The monoisotopic (exact) mass is 479 g/mol. The van der Waals surface area contributed by atoms with Gasteiger partial charge >= 0.3 is 0 Å². The number of halogens is 1. The van der Waals surface area contributed by atoms with Crippen molar-refractivity contribution in [3.8, 4) is 0 Å². The summed E-state index contributed by atoms with van der Waals surface area (Å²) in [7, 11) is -3.77. The van der Waals surface area contributed by atoms with Crippen LogP contribution in [0.1, 0.15) is 25.8 Å². The molecule has 1 atom stereocenters. The lowest BCUT2D eigenvalue weighted by Gasteiger charge is -2.32. The molecular weight excluding hydrogens is 450 g/mol. The third kappa shape index (κ3) is 7.24. The lowest BCUT2D eigenvalue weighted by Crippen LogP contribution is -2.53. The number of amides is 2. The highest BCUT2D eigenvalue weighted by Crippen LogP contribution is 2.22. The van der Waals surface area contributed by atoms with E-state index in [9.17, 15) is 18.0 Å². The molecular formula is C23H30ClN3O4S. The number of carbonyl (C=O) groups excluding carboxylic acids is 2. The molecule has 0 fully saturated rings. The SMILES string of the molecule is CCNC(=O)[C@H](CC)N(CCc1ccccc1)C(=O)CN(c1cccc(Cl)c1)S(C)(=O)=O. The summed E-state index contributed by atoms with van der Waals surface area (Å²) in [5.41, 5.74) is 1.31. The van der Waals surface area contributed by atoms with Crippen LogP contribution in [0.2, 0.25) is 5.02 Å². The highest BCUT2D eigenvalue weighted by molar-refractivity contribution is 7.92. The number of sulfonamides is 1. The van der Waals surface area contributed by atoms with Gasteiger partial charge in [-0.3, -0.25) is 13.9 Å². The van der Waals surface area contributed by atoms with Crippen LogP contribution in [0.3, 0.4) is 0 Å². The van der Waals surface area contributed by atoms with Gasteiger partial charge in [-0.25, -0.2) is 8.42 Å². The summed E-state index contributed by atoms with van der Waals surface area (Å²) in [6.07, 6.45) is 1.98. The summed E-state index contributed by atoms with van der Waals surface area (Å²) in [4.78, 5) is 27.5. The Bertz CT molecular complexity index is 1010. The van der Waals surface area contributed by atoms with Crippen molar-refractivity contribution >= 4 is 39.1 Å². The fraction of sp³-hybridized carbons (Fsp3) is 0.391. The van der Waals surface area contributed by atoms with Crippen LogP contribution >= 0.6 is 11.6 Å². The van der Waals surface area contributed by atoms with Gasteiger partial charge in [0.1, 0.15) is 12.6 Å². The number of nitrogens with zero attached hydrogens (tertiary/aromatic N) is 2.